The quantitative estimate of drug-likeness (QED) is 0.625. The highest BCUT2D eigenvalue weighted by Crippen LogP contribution is 2.31. The summed E-state index contributed by atoms with van der Waals surface area (Å²) in [5.41, 5.74) is 0. The summed E-state index contributed by atoms with van der Waals surface area (Å²) in [4.78, 5) is 0. The van der Waals surface area contributed by atoms with Crippen LogP contribution in [0.4, 0.5) is 0 Å². The van der Waals surface area contributed by atoms with E-state index in [2.05, 4.69) is 0 Å². The Balaban J connectivity index is 1.86. The summed E-state index contributed by atoms with van der Waals surface area (Å²) < 4.78 is 33.9. The third kappa shape index (κ3) is 2.21. The fourth-order valence-corrected chi connectivity index (χ4v) is 2.58. The van der Waals surface area contributed by atoms with E-state index in [-0.39, 0.29) is 24.4 Å². The number of methoxy groups -OCH3 is 1. The zero-order valence-electron chi connectivity index (χ0n) is 9.87. The molecule has 0 radical (unpaired) electrons. The molecule has 5 unspecified atom stereocenters. The lowest BCUT2D eigenvalue weighted by Gasteiger charge is -2.44. The average molecular weight is 246 g/mol. The Morgan fingerprint density at radius 1 is 0.882 bits per heavy atom. The molecule has 0 aromatic carbocycles. The van der Waals surface area contributed by atoms with E-state index in [1.54, 1.807) is 7.11 Å². The highest BCUT2D eigenvalue weighted by atomic mass is 16.7. The van der Waals surface area contributed by atoms with E-state index in [1.165, 1.54) is 0 Å². The second kappa shape index (κ2) is 5.17. The molecule has 3 fully saturated rings. The summed E-state index contributed by atoms with van der Waals surface area (Å²) in [6, 6.07) is 0. The van der Waals surface area contributed by atoms with Gasteiger partial charge in [-0.25, -0.2) is 0 Å². The third-order valence-electron chi connectivity index (χ3n) is 3.35. The van der Waals surface area contributed by atoms with E-state index in [4.69, 9.17) is 28.4 Å². The van der Waals surface area contributed by atoms with Crippen molar-refractivity contribution < 1.29 is 28.4 Å². The van der Waals surface area contributed by atoms with Crippen molar-refractivity contribution in [3.05, 3.63) is 0 Å². The van der Waals surface area contributed by atoms with Crippen molar-refractivity contribution >= 4 is 0 Å². The molecule has 17 heavy (non-hydrogen) atoms. The van der Waals surface area contributed by atoms with Crippen molar-refractivity contribution in [2.24, 2.45) is 0 Å². The molecule has 0 amide bonds. The highest BCUT2D eigenvalue weighted by molar-refractivity contribution is 4.94. The van der Waals surface area contributed by atoms with Crippen LogP contribution >= 0.6 is 0 Å². The van der Waals surface area contributed by atoms with Crippen LogP contribution in [0, 0.1) is 0 Å². The van der Waals surface area contributed by atoms with Crippen molar-refractivity contribution in [3.63, 3.8) is 0 Å². The number of ether oxygens (including phenoxy) is 6. The van der Waals surface area contributed by atoms with Crippen LogP contribution in [0.3, 0.4) is 0 Å². The van der Waals surface area contributed by atoms with Gasteiger partial charge < -0.3 is 28.4 Å². The molecular weight excluding hydrogens is 228 g/mol. The summed E-state index contributed by atoms with van der Waals surface area (Å²) in [5.74, 6) is 0. The molecular formula is C11H18O6. The van der Waals surface area contributed by atoms with Crippen LogP contribution in [-0.4, -0.2) is 70.9 Å². The van der Waals surface area contributed by atoms with Crippen molar-refractivity contribution in [2.45, 2.75) is 30.7 Å². The van der Waals surface area contributed by atoms with Gasteiger partial charge in [-0.05, 0) is 0 Å². The molecule has 6 nitrogen and oxygen atoms in total. The third-order valence-corrected chi connectivity index (χ3v) is 3.35. The maximum Gasteiger partial charge on any atom is 0.186 e. The van der Waals surface area contributed by atoms with Crippen molar-refractivity contribution in [2.75, 3.05) is 40.1 Å². The zero-order valence-corrected chi connectivity index (χ0v) is 9.87. The van der Waals surface area contributed by atoms with Gasteiger partial charge in [0.2, 0.25) is 0 Å². The van der Waals surface area contributed by atoms with E-state index >= 15 is 0 Å². The summed E-state index contributed by atoms with van der Waals surface area (Å²) in [7, 11) is 1.61. The maximum atomic E-state index is 5.81. The summed E-state index contributed by atoms with van der Waals surface area (Å²) in [6.45, 7) is 2.73. The maximum absolute atomic E-state index is 5.81. The molecule has 0 aromatic rings. The molecule has 0 spiro atoms. The van der Waals surface area contributed by atoms with E-state index in [0.29, 0.717) is 33.0 Å². The summed E-state index contributed by atoms with van der Waals surface area (Å²) in [6.07, 6.45) is -1.05. The Morgan fingerprint density at radius 3 is 2.41 bits per heavy atom. The Labute approximate surface area is 100 Å². The van der Waals surface area contributed by atoms with Crippen LogP contribution in [0.15, 0.2) is 0 Å². The Hall–Kier alpha value is -0.240. The first-order chi connectivity index (χ1) is 8.40. The van der Waals surface area contributed by atoms with Gasteiger partial charge in [0.05, 0.1) is 33.0 Å². The second-order valence-electron chi connectivity index (χ2n) is 4.36. The van der Waals surface area contributed by atoms with Gasteiger partial charge in [-0.3, -0.25) is 0 Å². The smallest absolute Gasteiger partial charge is 0.186 e. The minimum Gasteiger partial charge on any atom is -0.376 e. The van der Waals surface area contributed by atoms with Crippen molar-refractivity contribution in [3.8, 4) is 0 Å². The monoisotopic (exact) mass is 246 g/mol. The molecule has 3 heterocycles. The lowest BCUT2D eigenvalue weighted by Crippen LogP contribution is -2.61. The molecule has 0 aromatic heterocycles. The Kier molecular flexibility index (Phi) is 3.60. The molecule has 5 atom stereocenters. The van der Waals surface area contributed by atoms with Gasteiger partial charge in [0.25, 0.3) is 0 Å². The van der Waals surface area contributed by atoms with Gasteiger partial charge in [0.15, 0.2) is 6.29 Å². The first kappa shape index (κ1) is 11.8. The van der Waals surface area contributed by atoms with Gasteiger partial charge in [0, 0.05) is 7.11 Å². The molecule has 4 bridgehead atoms. The van der Waals surface area contributed by atoms with Crippen LogP contribution in [0.1, 0.15) is 0 Å². The lowest BCUT2D eigenvalue weighted by atomic mass is 9.98. The fraction of sp³-hybridized carbons (Fsp3) is 1.00. The first-order valence-electron chi connectivity index (χ1n) is 6.01. The van der Waals surface area contributed by atoms with Gasteiger partial charge in [-0.1, -0.05) is 0 Å². The predicted octanol–water partition coefficient (Wildman–Crippen LogP) is -0.443. The van der Waals surface area contributed by atoms with Crippen LogP contribution < -0.4 is 0 Å². The molecule has 98 valence electrons. The van der Waals surface area contributed by atoms with Crippen LogP contribution in [0.2, 0.25) is 0 Å². The fourth-order valence-electron chi connectivity index (χ4n) is 2.58. The SMILES string of the molecule is COC1OC2COCCOC3C2OCCOC13. The van der Waals surface area contributed by atoms with E-state index in [1.807, 2.05) is 0 Å². The van der Waals surface area contributed by atoms with E-state index in [9.17, 15) is 0 Å². The van der Waals surface area contributed by atoms with E-state index < -0.39 is 6.29 Å². The van der Waals surface area contributed by atoms with Crippen molar-refractivity contribution in [1.82, 2.24) is 0 Å². The van der Waals surface area contributed by atoms with Gasteiger partial charge in [-0.2, -0.15) is 0 Å². The van der Waals surface area contributed by atoms with Crippen LogP contribution in [0.5, 0.6) is 0 Å². The second-order valence-corrected chi connectivity index (χ2v) is 4.36. The highest BCUT2D eigenvalue weighted by Gasteiger charge is 2.50. The summed E-state index contributed by atoms with van der Waals surface area (Å²) >= 11 is 0. The average Bonchev–Trinajstić information content (AvgIpc) is 2.48. The lowest BCUT2D eigenvalue weighted by molar-refractivity contribution is -0.310. The predicted molar refractivity (Wildman–Crippen MR) is 55.7 cm³/mol. The first-order valence-corrected chi connectivity index (χ1v) is 6.01. The molecule has 3 aliphatic rings. The number of hydrogen-bond acceptors (Lipinski definition) is 6. The molecule has 0 aliphatic carbocycles. The van der Waals surface area contributed by atoms with Gasteiger partial charge >= 0.3 is 0 Å². The molecule has 3 saturated heterocycles. The van der Waals surface area contributed by atoms with E-state index in [0.717, 1.165) is 0 Å². The van der Waals surface area contributed by atoms with Crippen molar-refractivity contribution in [1.29, 1.82) is 0 Å². The van der Waals surface area contributed by atoms with Gasteiger partial charge in [0.1, 0.15) is 24.4 Å². The zero-order chi connectivity index (χ0) is 11.7. The minimum absolute atomic E-state index is 0.130. The molecule has 3 rings (SSSR count). The molecule has 3 aliphatic heterocycles. The number of rotatable bonds is 1. The van der Waals surface area contributed by atoms with Gasteiger partial charge in [-0.15, -0.1) is 0 Å². The summed E-state index contributed by atoms with van der Waals surface area (Å²) in [5, 5.41) is 0. The molecule has 0 saturated carbocycles. The molecule has 0 N–H and O–H groups in total. The Morgan fingerprint density at radius 2 is 1.59 bits per heavy atom. The van der Waals surface area contributed by atoms with Crippen LogP contribution in [-0.2, 0) is 28.4 Å². The topological polar surface area (TPSA) is 55.4 Å². The Bertz CT molecular complexity index is 252. The largest absolute Gasteiger partial charge is 0.376 e. The number of hydrogen-bond donors (Lipinski definition) is 0. The normalized spacial score (nSPS) is 46.8. The molecule has 6 heteroatoms. The standard InChI is InChI=1S/C11H18O6/c1-12-11-10-9-8(14-4-5-16-10)7(17-11)6-13-2-3-15-9/h7-11H,2-6H2,1H3. The minimum atomic E-state index is -0.412. The van der Waals surface area contributed by atoms with Crippen LogP contribution in [0.25, 0.3) is 0 Å².